The predicted molar refractivity (Wildman–Crippen MR) is 123 cm³/mol. The van der Waals surface area contributed by atoms with Crippen LogP contribution in [0.15, 0.2) is 42.5 Å². The minimum Gasteiger partial charge on any atom is -0.494 e. The lowest BCUT2D eigenvalue weighted by atomic mass is 10.2. The highest BCUT2D eigenvalue weighted by atomic mass is 35.5. The number of hydrogen-bond acceptors (Lipinski definition) is 6. The lowest BCUT2D eigenvalue weighted by Crippen LogP contribution is -2.25. The van der Waals surface area contributed by atoms with E-state index < -0.39 is 0 Å². The Morgan fingerprint density at radius 1 is 1.13 bits per heavy atom. The molecular weight excluding hydrogens is 412 g/mol. The van der Waals surface area contributed by atoms with Crippen molar-refractivity contribution in [2.45, 2.75) is 25.9 Å². The van der Waals surface area contributed by atoms with Crippen LogP contribution in [-0.4, -0.2) is 45.2 Å². The van der Waals surface area contributed by atoms with Crippen molar-refractivity contribution < 1.29 is 4.74 Å². The maximum absolute atomic E-state index is 6.06. The number of halogens is 1. The Balaban J connectivity index is 1.50. The van der Waals surface area contributed by atoms with Crippen LogP contribution >= 0.6 is 11.6 Å². The van der Waals surface area contributed by atoms with Crippen molar-refractivity contribution >= 4 is 34.1 Å². The van der Waals surface area contributed by atoms with Gasteiger partial charge < -0.3 is 10.1 Å². The van der Waals surface area contributed by atoms with E-state index in [0.717, 1.165) is 52.2 Å². The van der Waals surface area contributed by atoms with E-state index in [-0.39, 0.29) is 0 Å². The van der Waals surface area contributed by atoms with E-state index in [1.807, 2.05) is 37.4 Å². The Morgan fingerprint density at radius 3 is 2.65 bits per heavy atom. The first-order valence-electron chi connectivity index (χ1n) is 10.5. The molecule has 0 aliphatic heterocycles. The van der Waals surface area contributed by atoms with E-state index in [2.05, 4.69) is 22.3 Å². The number of hydrogen-bond donors (Lipinski definition) is 1. The molecule has 1 fully saturated rings. The molecule has 2 aromatic heterocycles. The summed E-state index contributed by atoms with van der Waals surface area (Å²) in [5.74, 6) is 2.91. The first-order chi connectivity index (χ1) is 15.1. The van der Waals surface area contributed by atoms with Gasteiger partial charge in [0.1, 0.15) is 11.3 Å². The van der Waals surface area contributed by atoms with Crippen LogP contribution in [0.3, 0.4) is 0 Å². The van der Waals surface area contributed by atoms with Crippen LogP contribution in [0, 0.1) is 5.92 Å². The molecule has 0 unspecified atom stereocenters. The summed E-state index contributed by atoms with van der Waals surface area (Å²) < 4.78 is 7.29. The summed E-state index contributed by atoms with van der Waals surface area (Å²) in [6.45, 7) is 2.56. The fourth-order valence-corrected chi connectivity index (χ4v) is 4.07. The number of ether oxygens (including phenoxy) is 1. The van der Waals surface area contributed by atoms with Crippen molar-refractivity contribution in [2.24, 2.45) is 5.92 Å². The molecule has 1 aliphatic rings. The SMILES string of the molecule is CNc1nc2c(OC)cccc2c2nc(CN(Cc3ccc(Cl)cc3)CC3CC3)nn12. The lowest BCUT2D eigenvalue weighted by molar-refractivity contribution is 0.240. The van der Waals surface area contributed by atoms with E-state index in [9.17, 15) is 0 Å². The Kier molecular flexibility index (Phi) is 5.38. The molecule has 4 aromatic rings. The Morgan fingerprint density at radius 2 is 1.94 bits per heavy atom. The van der Waals surface area contributed by atoms with E-state index in [1.165, 1.54) is 18.4 Å². The van der Waals surface area contributed by atoms with Gasteiger partial charge in [-0.25, -0.2) is 9.97 Å². The van der Waals surface area contributed by atoms with Gasteiger partial charge in [-0.1, -0.05) is 29.8 Å². The van der Waals surface area contributed by atoms with Crippen molar-refractivity contribution in [1.29, 1.82) is 0 Å². The van der Waals surface area contributed by atoms with E-state index in [0.29, 0.717) is 12.5 Å². The number of benzene rings is 2. The Labute approximate surface area is 186 Å². The van der Waals surface area contributed by atoms with Crippen LogP contribution < -0.4 is 10.1 Å². The molecule has 2 aromatic carbocycles. The summed E-state index contributed by atoms with van der Waals surface area (Å²) in [5.41, 5.74) is 2.79. The number of aromatic nitrogens is 4. The second kappa shape index (κ2) is 8.32. The summed E-state index contributed by atoms with van der Waals surface area (Å²) in [7, 11) is 3.49. The van der Waals surface area contributed by atoms with Gasteiger partial charge in [0.25, 0.3) is 0 Å². The van der Waals surface area contributed by atoms with E-state index in [4.69, 9.17) is 31.4 Å². The smallest absolute Gasteiger partial charge is 0.226 e. The lowest BCUT2D eigenvalue weighted by Gasteiger charge is -2.20. The average molecular weight is 437 g/mol. The standard InChI is InChI=1S/C23H25ClN6O/c1-25-23-27-21-18(4-3-5-19(21)31-2)22-26-20(28-30(22)23)14-29(12-15-6-7-15)13-16-8-10-17(24)11-9-16/h3-5,8-11,15H,6-7,12-14H2,1-2H3,(H,25,27). The predicted octanol–water partition coefficient (Wildman–Crippen LogP) is 4.39. The molecule has 7 nitrogen and oxygen atoms in total. The van der Waals surface area contributed by atoms with Gasteiger partial charge in [0.2, 0.25) is 5.95 Å². The van der Waals surface area contributed by atoms with Crippen molar-refractivity contribution in [2.75, 3.05) is 26.0 Å². The number of anilines is 1. The summed E-state index contributed by atoms with van der Waals surface area (Å²) in [6, 6.07) is 13.9. The van der Waals surface area contributed by atoms with Crippen molar-refractivity contribution in [1.82, 2.24) is 24.5 Å². The molecule has 8 heteroatoms. The van der Waals surface area contributed by atoms with Crippen molar-refractivity contribution in [3.8, 4) is 5.75 Å². The first kappa shape index (κ1) is 20.0. The van der Waals surface area contributed by atoms with Crippen LogP contribution in [0.5, 0.6) is 5.75 Å². The van der Waals surface area contributed by atoms with Crippen molar-refractivity contribution in [3.63, 3.8) is 0 Å². The van der Waals surface area contributed by atoms with Crippen LogP contribution in [0.25, 0.3) is 16.6 Å². The molecule has 0 amide bonds. The number of nitrogens with zero attached hydrogens (tertiary/aromatic N) is 5. The third kappa shape index (κ3) is 4.16. The van der Waals surface area contributed by atoms with Gasteiger partial charge in [-0.15, -0.1) is 5.10 Å². The number of nitrogens with one attached hydrogen (secondary N) is 1. The first-order valence-corrected chi connectivity index (χ1v) is 10.9. The average Bonchev–Trinajstić information content (AvgIpc) is 3.49. The fourth-order valence-electron chi connectivity index (χ4n) is 3.94. The van der Waals surface area contributed by atoms with Crippen molar-refractivity contribution in [3.05, 3.63) is 58.9 Å². The Hall–Kier alpha value is -2.90. The molecule has 2 heterocycles. The van der Waals surface area contributed by atoms with Crippen LogP contribution in [0.4, 0.5) is 5.95 Å². The molecule has 0 atom stereocenters. The van der Waals surface area contributed by atoms with Gasteiger partial charge in [0.05, 0.1) is 13.7 Å². The zero-order chi connectivity index (χ0) is 21.4. The van der Waals surface area contributed by atoms with Crippen LogP contribution in [-0.2, 0) is 13.1 Å². The van der Waals surface area contributed by atoms with E-state index >= 15 is 0 Å². The highest BCUT2D eigenvalue weighted by Gasteiger charge is 2.25. The molecule has 160 valence electrons. The monoisotopic (exact) mass is 436 g/mol. The topological polar surface area (TPSA) is 67.6 Å². The second-order valence-corrected chi connectivity index (χ2v) is 8.48. The molecule has 0 saturated heterocycles. The van der Waals surface area contributed by atoms with Gasteiger partial charge in [0.15, 0.2) is 11.5 Å². The molecular formula is C23H25ClN6O. The summed E-state index contributed by atoms with van der Waals surface area (Å²) >= 11 is 6.06. The molecule has 31 heavy (non-hydrogen) atoms. The summed E-state index contributed by atoms with van der Waals surface area (Å²) in [5, 5.41) is 9.60. The molecule has 0 spiro atoms. The van der Waals surface area contributed by atoms with Gasteiger partial charge >= 0.3 is 0 Å². The minimum absolute atomic E-state index is 0.636. The summed E-state index contributed by atoms with van der Waals surface area (Å²) in [6.07, 6.45) is 2.60. The molecule has 0 radical (unpaired) electrons. The molecule has 1 N–H and O–H groups in total. The number of rotatable bonds is 8. The van der Waals surface area contributed by atoms with Crippen LogP contribution in [0.1, 0.15) is 24.2 Å². The van der Waals surface area contributed by atoms with Crippen LogP contribution in [0.2, 0.25) is 5.02 Å². The van der Waals surface area contributed by atoms with Gasteiger partial charge in [-0.2, -0.15) is 4.52 Å². The highest BCUT2D eigenvalue weighted by molar-refractivity contribution is 6.30. The van der Waals surface area contributed by atoms with Gasteiger partial charge in [-0.05, 0) is 48.6 Å². The highest BCUT2D eigenvalue weighted by Crippen LogP contribution is 2.31. The zero-order valence-electron chi connectivity index (χ0n) is 17.7. The number of methoxy groups -OCH3 is 1. The number of fused-ring (bicyclic) bond motifs is 3. The maximum Gasteiger partial charge on any atom is 0.226 e. The summed E-state index contributed by atoms with van der Waals surface area (Å²) in [4.78, 5) is 12.0. The largest absolute Gasteiger partial charge is 0.494 e. The molecule has 1 aliphatic carbocycles. The van der Waals surface area contributed by atoms with Gasteiger partial charge in [-0.3, -0.25) is 4.90 Å². The molecule has 0 bridgehead atoms. The quantitative estimate of drug-likeness (QED) is 0.441. The third-order valence-electron chi connectivity index (χ3n) is 5.65. The zero-order valence-corrected chi connectivity index (χ0v) is 18.4. The number of para-hydroxylation sites is 1. The normalized spacial score (nSPS) is 13.9. The second-order valence-electron chi connectivity index (χ2n) is 8.04. The minimum atomic E-state index is 0.636. The van der Waals surface area contributed by atoms with Gasteiger partial charge in [0, 0.05) is 30.5 Å². The molecule has 5 rings (SSSR count). The Bertz CT molecular complexity index is 1220. The van der Waals surface area contributed by atoms with E-state index in [1.54, 1.807) is 11.6 Å². The third-order valence-corrected chi connectivity index (χ3v) is 5.90. The molecule has 1 saturated carbocycles. The fraction of sp³-hybridized carbons (Fsp3) is 0.348. The maximum atomic E-state index is 6.06.